The number of carbonyl (C=O) groups is 1. The fraction of sp³-hybridized carbons (Fsp3) is 0.333. The van der Waals surface area contributed by atoms with E-state index in [1.165, 1.54) is 11.1 Å². The molecule has 3 N–H and O–H groups in total. The van der Waals surface area contributed by atoms with Crippen molar-refractivity contribution in [3.05, 3.63) is 41.2 Å². The molecular formula is C18H18F2N4O3. The van der Waals surface area contributed by atoms with Gasteiger partial charge < -0.3 is 25.0 Å². The lowest BCUT2D eigenvalue weighted by Crippen LogP contribution is -2.36. The summed E-state index contributed by atoms with van der Waals surface area (Å²) < 4.78 is 35.2. The number of carbonyl (C=O) groups excluding carboxylic acids is 1. The molecule has 27 heavy (non-hydrogen) atoms. The number of hydrogen-bond acceptors (Lipinski definition) is 6. The second-order valence-electron chi connectivity index (χ2n) is 6.25. The minimum absolute atomic E-state index is 0.000561. The van der Waals surface area contributed by atoms with E-state index in [9.17, 15) is 18.7 Å². The predicted octanol–water partition coefficient (Wildman–Crippen LogP) is 1.96. The quantitative estimate of drug-likeness (QED) is 0.794. The Balaban J connectivity index is 2.07. The number of nitrogens with two attached hydrogens (primary N) is 1. The Kier molecular flexibility index (Phi) is 5.01. The van der Waals surface area contributed by atoms with Crippen LogP contribution in [0.5, 0.6) is 0 Å². The van der Waals surface area contributed by atoms with Crippen LogP contribution in [-0.2, 0) is 4.74 Å². The minimum atomic E-state index is -0.830. The summed E-state index contributed by atoms with van der Waals surface area (Å²) >= 11 is 0. The number of ether oxygens (including phenoxy) is 1. The predicted molar refractivity (Wildman–Crippen MR) is 93.6 cm³/mol. The monoisotopic (exact) mass is 376 g/mol. The molecule has 0 spiro atoms. The molecule has 7 nitrogen and oxygen atoms in total. The van der Waals surface area contributed by atoms with Gasteiger partial charge in [-0.15, -0.1) is 0 Å². The number of methoxy groups -OCH3 is 1. The fourth-order valence-corrected chi connectivity index (χ4v) is 3.20. The smallest absolute Gasteiger partial charge is 0.357 e. The molecule has 1 saturated heterocycles. The van der Waals surface area contributed by atoms with Crippen LogP contribution in [0.4, 0.5) is 20.2 Å². The number of esters is 1. The van der Waals surface area contributed by atoms with Gasteiger partial charge >= 0.3 is 5.97 Å². The molecule has 0 amide bonds. The Labute approximate surface area is 154 Å². The van der Waals surface area contributed by atoms with Crippen LogP contribution in [0.3, 0.4) is 0 Å². The SMILES string of the molecule is COC(=O)c1c(N)c(C#N)cn1-c1cc(F)c(N2CCC(O)CC2)c(F)c1. The number of aliphatic hydroxyl groups excluding tert-OH is 1. The lowest BCUT2D eigenvalue weighted by Gasteiger charge is -2.32. The molecule has 1 aliphatic rings. The summed E-state index contributed by atoms with van der Waals surface area (Å²) in [5.74, 6) is -2.46. The third kappa shape index (κ3) is 3.31. The summed E-state index contributed by atoms with van der Waals surface area (Å²) in [6, 6.07) is 3.96. The normalized spacial score (nSPS) is 14.9. The number of piperidine rings is 1. The first-order chi connectivity index (χ1) is 12.9. The van der Waals surface area contributed by atoms with E-state index >= 15 is 0 Å². The van der Waals surface area contributed by atoms with Crippen LogP contribution in [0, 0.1) is 23.0 Å². The molecule has 0 unspecified atom stereocenters. The van der Waals surface area contributed by atoms with Crippen LogP contribution >= 0.6 is 0 Å². The molecule has 1 fully saturated rings. The van der Waals surface area contributed by atoms with Gasteiger partial charge in [0, 0.05) is 31.4 Å². The van der Waals surface area contributed by atoms with Gasteiger partial charge in [0.05, 0.1) is 30.2 Å². The van der Waals surface area contributed by atoms with Crippen LogP contribution in [0.2, 0.25) is 0 Å². The highest BCUT2D eigenvalue weighted by molar-refractivity contribution is 5.96. The van der Waals surface area contributed by atoms with Gasteiger partial charge in [0.15, 0.2) is 17.3 Å². The number of aromatic nitrogens is 1. The number of rotatable bonds is 3. The topological polar surface area (TPSA) is 105 Å². The molecule has 0 aliphatic carbocycles. The number of hydrogen-bond donors (Lipinski definition) is 2. The molecule has 142 valence electrons. The largest absolute Gasteiger partial charge is 0.464 e. The van der Waals surface area contributed by atoms with Gasteiger partial charge in [0.1, 0.15) is 11.8 Å². The van der Waals surface area contributed by atoms with Gasteiger partial charge in [-0.1, -0.05) is 0 Å². The minimum Gasteiger partial charge on any atom is -0.464 e. The Hall–Kier alpha value is -3.12. The van der Waals surface area contributed by atoms with Crippen LogP contribution in [0.15, 0.2) is 18.3 Å². The van der Waals surface area contributed by atoms with E-state index in [-0.39, 0.29) is 28.3 Å². The molecule has 1 aromatic carbocycles. The van der Waals surface area contributed by atoms with Gasteiger partial charge in [-0.05, 0) is 12.8 Å². The van der Waals surface area contributed by atoms with Gasteiger partial charge in [0.2, 0.25) is 0 Å². The van der Waals surface area contributed by atoms with Crippen LogP contribution in [-0.4, -0.2) is 41.9 Å². The molecule has 2 aromatic rings. The van der Waals surface area contributed by atoms with E-state index in [1.807, 2.05) is 6.07 Å². The van der Waals surface area contributed by atoms with Crippen LogP contribution in [0.25, 0.3) is 5.69 Å². The van der Waals surface area contributed by atoms with Gasteiger partial charge in [-0.3, -0.25) is 0 Å². The number of anilines is 2. The van der Waals surface area contributed by atoms with E-state index in [0.29, 0.717) is 25.9 Å². The Morgan fingerprint density at radius 2 is 1.93 bits per heavy atom. The molecule has 0 atom stereocenters. The van der Waals surface area contributed by atoms with Crippen molar-refractivity contribution in [3.8, 4) is 11.8 Å². The van der Waals surface area contributed by atoms with Gasteiger partial charge in [-0.25, -0.2) is 13.6 Å². The first-order valence-corrected chi connectivity index (χ1v) is 8.29. The number of nitrogen functional groups attached to an aromatic ring is 1. The number of aliphatic hydroxyl groups is 1. The van der Waals surface area contributed by atoms with E-state index in [4.69, 9.17) is 11.0 Å². The van der Waals surface area contributed by atoms with E-state index in [2.05, 4.69) is 4.74 Å². The van der Waals surface area contributed by atoms with E-state index in [1.54, 1.807) is 0 Å². The summed E-state index contributed by atoms with van der Waals surface area (Å²) in [5, 5.41) is 18.7. The average Bonchev–Trinajstić information content (AvgIpc) is 2.98. The molecular weight excluding hydrogens is 358 g/mol. The van der Waals surface area contributed by atoms with E-state index in [0.717, 1.165) is 23.8 Å². The first-order valence-electron chi connectivity index (χ1n) is 8.29. The third-order valence-corrected chi connectivity index (χ3v) is 4.60. The summed E-state index contributed by atoms with van der Waals surface area (Å²) in [4.78, 5) is 13.6. The average molecular weight is 376 g/mol. The molecule has 9 heteroatoms. The molecule has 0 radical (unpaired) electrons. The van der Waals surface area contributed by atoms with Crippen molar-refractivity contribution in [2.24, 2.45) is 0 Å². The standard InChI is InChI=1S/C18H18F2N4O3/c1-27-18(26)17-15(22)10(8-21)9-24(17)11-6-13(19)16(14(20)7-11)23-4-2-12(25)3-5-23/h6-7,9,12,25H,2-5,22H2,1H3. The van der Waals surface area contributed by atoms with Crippen LogP contribution in [0.1, 0.15) is 28.9 Å². The lowest BCUT2D eigenvalue weighted by molar-refractivity contribution is 0.0593. The van der Waals surface area contributed by atoms with Crippen molar-refractivity contribution < 1.29 is 23.4 Å². The second-order valence-corrected chi connectivity index (χ2v) is 6.25. The Morgan fingerprint density at radius 3 is 2.44 bits per heavy atom. The summed E-state index contributed by atoms with van der Waals surface area (Å²) in [5.41, 5.74) is 5.30. The molecule has 1 aromatic heterocycles. The van der Waals surface area contributed by atoms with Crippen molar-refractivity contribution in [2.75, 3.05) is 30.8 Å². The zero-order chi connectivity index (χ0) is 19.7. The Bertz CT molecular complexity index is 904. The lowest BCUT2D eigenvalue weighted by atomic mass is 10.1. The van der Waals surface area contributed by atoms with Crippen molar-refractivity contribution in [1.82, 2.24) is 4.57 Å². The number of nitrogens with zero attached hydrogens (tertiary/aromatic N) is 3. The maximum Gasteiger partial charge on any atom is 0.357 e. The van der Waals surface area contributed by atoms with Crippen LogP contribution < -0.4 is 10.6 Å². The highest BCUT2D eigenvalue weighted by atomic mass is 19.1. The highest BCUT2D eigenvalue weighted by Gasteiger charge is 2.26. The molecule has 0 bridgehead atoms. The fourth-order valence-electron chi connectivity index (χ4n) is 3.20. The van der Waals surface area contributed by atoms with Crippen molar-refractivity contribution in [2.45, 2.75) is 18.9 Å². The number of benzene rings is 1. The maximum atomic E-state index is 14.7. The second kappa shape index (κ2) is 7.25. The molecule has 1 aliphatic heterocycles. The van der Waals surface area contributed by atoms with Gasteiger partial charge in [-0.2, -0.15) is 5.26 Å². The zero-order valence-electron chi connectivity index (χ0n) is 14.6. The summed E-state index contributed by atoms with van der Waals surface area (Å²) in [6.07, 6.45) is 1.60. The van der Waals surface area contributed by atoms with Crippen molar-refractivity contribution in [3.63, 3.8) is 0 Å². The molecule has 2 heterocycles. The van der Waals surface area contributed by atoms with Crippen molar-refractivity contribution >= 4 is 17.3 Å². The van der Waals surface area contributed by atoms with Crippen molar-refractivity contribution in [1.29, 1.82) is 5.26 Å². The molecule has 0 saturated carbocycles. The summed E-state index contributed by atoms with van der Waals surface area (Å²) in [6.45, 7) is 0.660. The number of nitriles is 1. The Morgan fingerprint density at radius 1 is 1.33 bits per heavy atom. The number of halogens is 2. The molecule has 3 rings (SSSR count). The van der Waals surface area contributed by atoms with E-state index < -0.39 is 23.7 Å². The highest BCUT2D eigenvalue weighted by Crippen LogP contribution is 2.31. The third-order valence-electron chi connectivity index (χ3n) is 4.60. The van der Waals surface area contributed by atoms with Gasteiger partial charge in [0.25, 0.3) is 0 Å². The first kappa shape index (κ1) is 18.7. The zero-order valence-corrected chi connectivity index (χ0v) is 14.6. The maximum absolute atomic E-state index is 14.7. The summed E-state index contributed by atoms with van der Waals surface area (Å²) in [7, 11) is 1.14.